The quantitative estimate of drug-likeness (QED) is 0.627. The summed E-state index contributed by atoms with van der Waals surface area (Å²) in [4.78, 5) is 11.1. The topological polar surface area (TPSA) is 52.3 Å². The molecule has 0 aliphatic carbocycles. The number of carbonyl (C=O) groups is 1. The average Bonchev–Trinajstić information content (AvgIpc) is 2.59. The summed E-state index contributed by atoms with van der Waals surface area (Å²) in [6.45, 7) is 0. The molecular formula is C19H23NO2. The summed E-state index contributed by atoms with van der Waals surface area (Å²) in [6.07, 6.45) is 3.26. The van der Waals surface area contributed by atoms with Gasteiger partial charge in [-0.2, -0.15) is 0 Å². The molecule has 2 N–H and O–H groups in total. The lowest BCUT2D eigenvalue weighted by molar-refractivity contribution is -0.140. The maximum Gasteiger partial charge on any atom is 0.305 e. The number of benzene rings is 2. The van der Waals surface area contributed by atoms with Gasteiger partial charge in [0.05, 0.1) is 13.2 Å². The molecule has 0 aromatic heterocycles. The van der Waals surface area contributed by atoms with E-state index < -0.39 is 0 Å². The fraction of sp³-hybridized carbons (Fsp3) is 0.316. The number of ether oxygens (including phenoxy) is 1. The molecule has 0 saturated carbocycles. The van der Waals surface area contributed by atoms with Gasteiger partial charge in [-0.1, -0.05) is 54.6 Å². The van der Waals surface area contributed by atoms with E-state index in [1.165, 1.54) is 12.7 Å². The second-order valence-corrected chi connectivity index (χ2v) is 5.42. The van der Waals surface area contributed by atoms with Gasteiger partial charge >= 0.3 is 5.97 Å². The van der Waals surface area contributed by atoms with Crippen molar-refractivity contribution in [2.45, 2.75) is 31.7 Å². The lowest BCUT2D eigenvalue weighted by atomic mass is 9.96. The zero-order valence-electron chi connectivity index (χ0n) is 13.0. The van der Waals surface area contributed by atoms with Gasteiger partial charge in [-0.05, 0) is 36.0 Å². The van der Waals surface area contributed by atoms with Gasteiger partial charge in [0.25, 0.3) is 0 Å². The number of hydrogen-bond acceptors (Lipinski definition) is 3. The smallest absolute Gasteiger partial charge is 0.305 e. The van der Waals surface area contributed by atoms with Gasteiger partial charge in [0.1, 0.15) is 0 Å². The Hall–Kier alpha value is -2.13. The fourth-order valence-electron chi connectivity index (χ4n) is 2.50. The third kappa shape index (κ3) is 4.71. The lowest BCUT2D eigenvalue weighted by Crippen LogP contribution is -2.11. The molecule has 0 amide bonds. The summed E-state index contributed by atoms with van der Waals surface area (Å²) in [5.41, 5.74) is 9.83. The third-order valence-electron chi connectivity index (χ3n) is 3.79. The zero-order chi connectivity index (χ0) is 15.8. The molecule has 1 unspecified atom stereocenters. The highest BCUT2D eigenvalue weighted by Crippen LogP contribution is 2.21. The second kappa shape index (κ2) is 8.35. The Morgan fingerprint density at radius 1 is 1.05 bits per heavy atom. The maximum atomic E-state index is 11.1. The van der Waals surface area contributed by atoms with Crippen molar-refractivity contribution in [2.24, 2.45) is 5.73 Å². The molecule has 0 bridgehead atoms. The van der Waals surface area contributed by atoms with Crippen LogP contribution in [-0.4, -0.2) is 13.1 Å². The summed E-state index contributed by atoms with van der Waals surface area (Å²) in [7, 11) is 1.43. The Labute approximate surface area is 132 Å². The SMILES string of the molecule is COC(=O)CCCCc1cccc(C(N)c2ccccc2)c1. The van der Waals surface area contributed by atoms with Gasteiger partial charge in [-0.3, -0.25) is 4.79 Å². The van der Waals surface area contributed by atoms with Crippen molar-refractivity contribution in [2.75, 3.05) is 7.11 Å². The molecule has 116 valence electrons. The van der Waals surface area contributed by atoms with Gasteiger partial charge in [-0.15, -0.1) is 0 Å². The van der Waals surface area contributed by atoms with Crippen molar-refractivity contribution >= 4 is 5.97 Å². The van der Waals surface area contributed by atoms with E-state index in [4.69, 9.17) is 5.73 Å². The summed E-state index contributed by atoms with van der Waals surface area (Å²) in [6, 6.07) is 18.4. The van der Waals surface area contributed by atoms with Gasteiger partial charge in [0, 0.05) is 6.42 Å². The summed E-state index contributed by atoms with van der Waals surface area (Å²) in [5, 5.41) is 0. The first kappa shape index (κ1) is 16.2. The second-order valence-electron chi connectivity index (χ2n) is 5.42. The van der Waals surface area contributed by atoms with E-state index in [2.05, 4.69) is 22.9 Å². The fourth-order valence-corrected chi connectivity index (χ4v) is 2.50. The molecule has 0 aliphatic heterocycles. The predicted molar refractivity (Wildman–Crippen MR) is 88.5 cm³/mol. The number of hydrogen-bond donors (Lipinski definition) is 1. The average molecular weight is 297 g/mol. The zero-order valence-corrected chi connectivity index (χ0v) is 13.0. The highest BCUT2D eigenvalue weighted by atomic mass is 16.5. The van der Waals surface area contributed by atoms with E-state index in [1.807, 2.05) is 36.4 Å². The highest BCUT2D eigenvalue weighted by molar-refractivity contribution is 5.68. The van der Waals surface area contributed by atoms with Crippen molar-refractivity contribution in [1.82, 2.24) is 0 Å². The molecule has 22 heavy (non-hydrogen) atoms. The van der Waals surface area contributed by atoms with Crippen LogP contribution in [-0.2, 0) is 16.0 Å². The Bertz CT molecular complexity index is 595. The van der Waals surface area contributed by atoms with E-state index in [0.717, 1.165) is 30.4 Å². The summed E-state index contributed by atoms with van der Waals surface area (Å²) < 4.78 is 4.65. The largest absolute Gasteiger partial charge is 0.469 e. The van der Waals surface area contributed by atoms with E-state index in [1.54, 1.807) is 0 Å². The molecule has 0 heterocycles. The Morgan fingerprint density at radius 2 is 1.77 bits per heavy atom. The molecule has 3 heteroatoms. The van der Waals surface area contributed by atoms with E-state index in [-0.39, 0.29) is 12.0 Å². The number of aryl methyl sites for hydroxylation is 1. The first-order valence-corrected chi connectivity index (χ1v) is 7.67. The van der Waals surface area contributed by atoms with Crippen LogP contribution in [0.1, 0.15) is 42.0 Å². The number of methoxy groups -OCH3 is 1. The predicted octanol–water partition coefficient (Wildman–Crippen LogP) is 3.62. The molecule has 2 aromatic carbocycles. The van der Waals surface area contributed by atoms with Crippen molar-refractivity contribution in [1.29, 1.82) is 0 Å². The maximum absolute atomic E-state index is 11.1. The van der Waals surface area contributed by atoms with Gasteiger partial charge in [0.2, 0.25) is 0 Å². The van der Waals surface area contributed by atoms with Crippen LogP contribution in [0, 0.1) is 0 Å². The molecule has 0 fully saturated rings. The molecule has 2 rings (SSSR count). The Balaban J connectivity index is 1.94. The first-order chi connectivity index (χ1) is 10.7. The lowest BCUT2D eigenvalue weighted by Gasteiger charge is -2.13. The molecule has 0 radical (unpaired) electrons. The van der Waals surface area contributed by atoms with Gasteiger partial charge in [0.15, 0.2) is 0 Å². The number of nitrogens with two attached hydrogens (primary N) is 1. The van der Waals surface area contributed by atoms with Crippen LogP contribution in [0.25, 0.3) is 0 Å². The van der Waals surface area contributed by atoms with Crippen LogP contribution in [0.5, 0.6) is 0 Å². The molecule has 0 spiro atoms. The minimum atomic E-state index is -0.139. The molecule has 0 saturated heterocycles. The van der Waals surface area contributed by atoms with Crippen LogP contribution in [0.15, 0.2) is 54.6 Å². The minimum Gasteiger partial charge on any atom is -0.469 e. The number of unbranched alkanes of at least 4 members (excludes halogenated alkanes) is 1. The molecular weight excluding hydrogens is 274 g/mol. The molecule has 2 aromatic rings. The van der Waals surface area contributed by atoms with Crippen molar-refractivity contribution in [3.05, 3.63) is 71.3 Å². The molecule has 3 nitrogen and oxygen atoms in total. The molecule has 0 aliphatic rings. The monoisotopic (exact) mass is 297 g/mol. The third-order valence-corrected chi connectivity index (χ3v) is 3.79. The Kier molecular flexibility index (Phi) is 6.16. The standard InChI is InChI=1S/C19H23NO2/c1-22-18(21)13-6-5-8-15-9-7-12-17(14-15)19(20)16-10-3-2-4-11-16/h2-4,7,9-12,14,19H,5-6,8,13,20H2,1H3. The van der Waals surface area contributed by atoms with Gasteiger partial charge in [-0.25, -0.2) is 0 Å². The van der Waals surface area contributed by atoms with Crippen LogP contribution in [0.2, 0.25) is 0 Å². The van der Waals surface area contributed by atoms with Gasteiger partial charge < -0.3 is 10.5 Å². The van der Waals surface area contributed by atoms with Crippen LogP contribution in [0.4, 0.5) is 0 Å². The number of rotatable bonds is 7. The van der Waals surface area contributed by atoms with Crippen molar-refractivity contribution < 1.29 is 9.53 Å². The normalized spacial score (nSPS) is 11.9. The summed E-state index contributed by atoms with van der Waals surface area (Å²) in [5.74, 6) is -0.139. The minimum absolute atomic E-state index is 0.101. The highest BCUT2D eigenvalue weighted by Gasteiger charge is 2.09. The number of esters is 1. The molecule has 1 atom stereocenters. The van der Waals surface area contributed by atoms with Crippen LogP contribution in [0.3, 0.4) is 0 Å². The van der Waals surface area contributed by atoms with Crippen LogP contribution >= 0.6 is 0 Å². The van der Waals surface area contributed by atoms with Crippen LogP contribution < -0.4 is 5.73 Å². The summed E-state index contributed by atoms with van der Waals surface area (Å²) >= 11 is 0. The number of carbonyl (C=O) groups excluding carboxylic acids is 1. The first-order valence-electron chi connectivity index (χ1n) is 7.67. The van der Waals surface area contributed by atoms with E-state index in [0.29, 0.717) is 6.42 Å². The Morgan fingerprint density at radius 3 is 2.50 bits per heavy atom. The van der Waals surface area contributed by atoms with Crippen molar-refractivity contribution in [3.63, 3.8) is 0 Å². The van der Waals surface area contributed by atoms with Crippen molar-refractivity contribution in [3.8, 4) is 0 Å². The van der Waals surface area contributed by atoms with E-state index >= 15 is 0 Å². The van der Waals surface area contributed by atoms with E-state index in [9.17, 15) is 4.79 Å².